The molecule has 4 heterocycles. The first-order valence-corrected chi connectivity index (χ1v) is 13.8. The van der Waals surface area contributed by atoms with Crippen LogP contribution in [0.15, 0.2) is 42.6 Å². The number of piperidine rings is 1. The van der Waals surface area contributed by atoms with E-state index < -0.39 is 11.8 Å². The van der Waals surface area contributed by atoms with E-state index in [0.29, 0.717) is 13.1 Å². The molecule has 42 heavy (non-hydrogen) atoms. The Morgan fingerprint density at radius 3 is 2.71 bits per heavy atom. The smallest absolute Gasteiger partial charge is 0.335 e. The number of carboxylic acids is 1. The predicted molar refractivity (Wildman–Crippen MR) is 149 cm³/mol. The molecular formula is C30H28FN7O4. The van der Waals surface area contributed by atoms with Crippen molar-refractivity contribution < 1.29 is 23.8 Å². The van der Waals surface area contributed by atoms with Crippen molar-refractivity contribution in [2.45, 2.75) is 51.1 Å². The zero-order valence-corrected chi connectivity index (χ0v) is 22.7. The van der Waals surface area contributed by atoms with E-state index in [-0.39, 0.29) is 47.0 Å². The Labute approximate surface area is 241 Å². The number of fused-ring (bicyclic) bond motifs is 1. The highest BCUT2D eigenvalue weighted by Gasteiger charge is 2.27. The number of rotatable bonds is 9. The summed E-state index contributed by atoms with van der Waals surface area (Å²) >= 11 is 0. The molecule has 2 aliphatic heterocycles. The van der Waals surface area contributed by atoms with E-state index in [1.807, 2.05) is 6.07 Å². The van der Waals surface area contributed by atoms with Crippen LogP contribution >= 0.6 is 0 Å². The first-order chi connectivity index (χ1) is 20.4. The number of aromatic carboxylic acids is 1. The van der Waals surface area contributed by atoms with Crippen molar-refractivity contribution in [2.24, 2.45) is 0 Å². The standard InChI is InChI=1S/C30H28FN7O4/c1-33-26-16-38(35-29(26)42-18-21-3-2-19(14-32)12-24(21)31)22-6-9-36(10-7-22)17-28-34-25-5-4-20(30(39)40)13-27(25)37(28)15-23-8-11-41-23/h2-5,12-13,16,22-23H,6-11,15,17-18H2,(H,39,40)/t23-/m0/s1. The summed E-state index contributed by atoms with van der Waals surface area (Å²) in [5, 5.41) is 22.9. The predicted octanol–water partition coefficient (Wildman–Crippen LogP) is 4.70. The Morgan fingerprint density at radius 1 is 1.24 bits per heavy atom. The summed E-state index contributed by atoms with van der Waals surface area (Å²) in [5.74, 6) is -0.477. The van der Waals surface area contributed by atoms with Crippen LogP contribution in [0.25, 0.3) is 15.9 Å². The van der Waals surface area contributed by atoms with E-state index in [2.05, 4.69) is 19.4 Å². The van der Waals surface area contributed by atoms with Crippen LogP contribution in [0.2, 0.25) is 0 Å². The molecule has 4 aromatic rings. The molecule has 214 valence electrons. The van der Waals surface area contributed by atoms with Gasteiger partial charge in [-0.1, -0.05) is 6.07 Å². The lowest BCUT2D eigenvalue weighted by Crippen LogP contribution is -2.36. The van der Waals surface area contributed by atoms with Gasteiger partial charge >= 0.3 is 5.97 Å². The molecule has 0 amide bonds. The van der Waals surface area contributed by atoms with E-state index in [1.54, 1.807) is 29.1 Å². The summed E-state index contributed by atoms with van der Waals surface area (Å²) in [6.07, 6.45) is 4.35. The monoisotopic (exact) mass is 569 g/mol. The Balaban J connectivity index is 1.12. The van der Waals surface area contributed by atoms with Crippen LogP contribution in [0.3, 0.4) is 0 Å². The molecule has 11 nitrogen and oxygen atoms in total. The van der Waals surface area contributed by atoms with E-state index in [1.165, 1.54) is 12.1 Å². The molecule has 6 rings (SSSR count). The number of ether oxygens (including phenoxy) is 2. The number of nitriles is 1. The molecule has 2 fully saturated rings. The quantitative estimate of drug-likeness (QED) is 0.288. The Bertz CT molecular complexity index is 1720. The van der Waals surface area contributed by atoms with Crippen LogP contribution in [0.5, 0.6) is 5.88 Å². The average molecular weight is 570 g/mol. The number of carboxylic acid groups (broad SMARTS) is 1. The Morgan fingerprint density at radius 2 is 2.05 bits per heavy atom. The number of hydrogen-bond donors (Lipinski definition) is 1. The van der Waals surface area contributed by atoms with Gasteiger partial charge in [0.15, 0.2) is 0 Å². The summed E-state index contributed by atoms with van der Waals surface area (Å²) in [7, 11) is 0. The second-order valence-corrected chi connectivity index (χ2v) is 10.6. The number of carbonyl (C=O) groups is 1. The second kappa shape index (κ2) is 11.6. The van der Waals surface area contributed by atoms with Crippen LogP contribution in [-0.2, 0) is 24.4 Å². The molecule has 1 N–H and O–H groups in total. The van der Waals surface area contributed by atoms with Gasteiger partial charge in [0.25, 0.3) is 5.69 Å². The summed E-state index contributed by atoms with van der Waals surface area (Å²) in [6, 6.07) is 11.2. The highest BCUT2D eigenvalue weighted by atomic mass is 19.1. The van der Waals surface area contributed by atoms with E-state index >= 15 is 0 Å². The average Bonchev–Trinajstić information content (AvgIpc) is 3.54. The number of aromatic nitrogens is 4. The van der Waals surface area contributed by atoms with Crippen LogP contribution in [-0.4, -0.2) is 61.1 Å². The van der Waals surface area contributed by atoms with Crippen molar-refractivity contribution in [2.75, 3.05) is 19.7 Å². The van der Waals surface area contributed by atoms with Crippen LogP contribution in [0.4, 0.5) is 10.1 Å². The zero-order valence-electron chi connectivity index (χ0n) is 22.7. The Kier molecular flexibility index (Phi) is 7.57. The summed E-state index contributed by atoms with van der Waals surface area (Å²) in [6.45, 7) is 11.0. The molecular weight excluding hydrogens is 541 g/mol. The van der Waals surface area contributed by atoms with Gasteiger partial charge in [-0.3, -0.25) is 9.58 Å². The number of hydrogen-bond acceptors (Lipinski definition) is 7. The topological polar surface area (TPSA) is 123 Å². The van der Waals surface area contributed by atoms with Crippen molar-refractivity contribution in [1.29, 1.82) is 5.26 Å². The third-order valence-electron chi connectivity index (χ3n) is 7.90. The molecule has 2 saturated heterocycles. The first-order valence-electron chi connectivity index (χ1n) is 13.8. The lowest BCUT2D eigenvalue weighted by Gasteiger charge is -2.32. The van der Waals surface area contributed by atoms with E-state index in [4.69, 9.17) is 26.3 Å². The molecule has 0 bridgehead atoms. The third kappa shape index (κ3) is 5.55. The lowest BCUT2D eigenvalue weighted by molar-refractivity contribution is -0.0592. The van der Waals surface area contributed by atoms with Crippen molar-refractivity contribution in [3.05, 3.63) is 82.3 Å². The molecule has 0 spiro atoms. The van der Waals surface area contributed by atoms with Crippen molar-refractivity contribution in [3.63, 3.8) is 0 Å². The zero-order chi connectivity index (χ0) is 29.2. The van der Waals surface area contributed by atoms with E-state index in [9.17, 15) is 14.3 Å². The maximum Gasteiger partial charge on any atom is 0.335 e. The van der Waals surface area contributed by atoms with Gasteiger partial charge in [0.1, 0.15) is 18.2 Å². The molecule has 2 aromatic carbocycles. The molecule has 0 radical (unpaired) electrons. The number of benzene rings is 2. The molecule has 0 saturated carbocycles. The number of nitrogens with zero attached hydrogens (tertiary/aromatic N) is 7. The van der Waals surface area contributed by atoms with Crippen LogP contribution in [0, 0.1) is 23.7 Å². The van der Waals surface area contributed by atoms with Gasteiger partial charge in [-0.25, -0.2) is 19.0 Å². The van der Waals surface area contributed by atoms with Gasteiger partial charge in [0, 0.05) is 31.5 Å². The maximum absolute atomic E-state index is 14.3. The van der Waals surface area contributed by atoms with Crippen LogP contribution in [0.1, 0.15) is 52.6 Å². The Hall–Kier alpha value is -4.78. The fourth-order valence-corrected chi connectivity index (χ4v) is 5.42. The molecule has 2 aromatic heterocycles. The molecule has 2 aliphatic rings. The molecule has 0 unspecified atom stereocenters. The normalized spacial score (nSPS) is 17.5. The largest absolute Gasteiger partial charge is 0.480 e. The fraction of sp³-hybridized carbons (Fsp3) is 0.367. The third-order valence-corrected chi connectivity index (χ3v) is 7.90. The fourth-order valence-electron chi connectivity index (χ4n) is 5.42. The molecule has 0 aliphatic carbocycles. The second-order valence-electron chi connectivity index (χ2n) is 10.6. The lowest BCUT2D eigenvalue weighted by atomic mass is 10.1. The van der Waals surface area contributed by atoms with Crippen LogP contribution < -0.4 is 4.74 Å². The van der Waals surface area contributed by atoms with Crippen molar-refractivity contribution in [1.82, 2.24) is 24.2 Å². The van der Waals surface area contributed by atoms with Gasteiger partial charge in [-0.2, -0.15) is 5.26 Å². The van der Waals surface area contributed by atoms with E-state index in [0.717, 1.165) is 61.9 Å². The SMILES string of the molecule is [C-]#[N+]c1cn(C2CCN(Cc3nc4ccc(C(=O)O)cc4n3C[C@@H]3CCO3)CC2)nc1OCc1ccc(C#N)cc1F. The van der Waals surface area contributed by atoms with Gasteiger partial charge in [0.2, 0.25) is 5.88 Å². The minimum absolute atomic E-state index is 0.0751. The van der Waals surface area contributed by atoms with Gasteiger partial charge < -0.3 is 19.1 Å². The minimum Gasteiger partial charge on any atom is -0.480 e. The van der Waals surface area contributed by atoms with Gasteiger partial charge in [0.05, 0.1) is 60.0 Å². The molecule has 12 heteroatoms. The first kappa shape index (κ1) is 27.4. The summed E-state index contributed by atoms with van der Waals surface area (Å²) in [4.78, 5) is 22.3. The highest BCUT2D eigenvalue weighted by molar-refractivity contribution is 5.92. The van der Waals surface area contributed by atoms with Gasteiger partial charge in [-0.05, 0) is 49.6 Å². The maximum atomic E-state index is 14.3. The number of halogens is 1. The van der Waals surface area contributed by atoms with Gasteiger partial charge in [-0.15, -0.1) is 5.10 Å². The summed E-state index contributed by atoms with van der Waals surface area (Å²) in [5.41, 5.74) is 2.56. The summed E-state index contributed by atoms with van der Waals surface area (Å²) < 4.78 is 29.5. The number of likely N-dealkylation sites (tertiary alicyclic amines) is 1. The van der Waals surface area contributed by atoms with Crippen molar-refractivity contribution >= 4 is 22.7 Å². The highest BCUT2D eigenvalue weighted by Crippen LogP contribution is 2.32. The van der Waals surface area contributed by atoms with Crippen molar-refractivity contribution in [3.8, 4) is 11.9 Å². The minimum atomic E-state index is -0.969. The number of imidazole rings is 1. The molecule has 1 atom stereocenters.